The predicted octanol–water partition coefficient (Wildman–Crippen LogP) is 4.16. The lowest BCUT2D eigenvalue weighted by atomic mass is 10.1. The first-order valence-electron chi connectivity index (χ1n) is 9.11. The Hall–Kier alpha value is -2.14. The number of benzene rings is 3. The lowest BCUT2D eigenvalue weighted by Gasteiger charge is -2.20. The van der Waals surface area contributed by atoms with Crippen molar-refractivity contribution in [2.24, 2.45) is 0 Å². The molecule has 3 aromatic carbocycles. The third-order valence-corrected chi connectivity index (χ3v) is 7.35. The lowest BCUT2D eigenvalue weighted by molar-refractivity contribution is -0.133. The van der Waals surface area contributed by atoms with E-state index in [4.69, 9.17) is 4.74 Å². The fourth-order valence-corrected chi connectivity index (χ4v) is 5.88. The molecule has 2 N–H and O–H groups in total. The number of phenols is 1. The maximum Gasteiger partial charge on any atom is 0.294 e. The Kier molecular flexibility index (Phi) is 7.25. The van der Waals surface area contributed by atoms with Crippen LogP contribution in [0.5, 0.6) is 5.75 Å². The van der Waals surface area contributed by atoms with Crippen LogP contribution in [0.2, 0.25) is 0 Å². The number of halogens is 2. The molecule has 0 heterocycles. The van der Waals surface area contributed by atoms with Crippen LogP contribution in [0.25, 0.3) is 10.8 Å². The van der Waals surface area contributed by atoms with E-state index in [9.17, 15) is 18.3 Å². The van der Waals surface area contributed by atoms with Gasteiger partial charge in [0.15, 0.2) is 6.23 Å². The number of aromatic hydroxyl groups is 1. The Morgan fingerprint density at radius 1 is 1.10 bits per heavy atom. The molecular formula is C21H20Br2N2O5S. The van der Waals surface area contributed by atoms with Crippen molar-refractivity contribution in [3.63, 3.8) is 0 Å². The van der Waals surface area contributed by atoms with Crippen LogP contribution in [0.3, 0.4) is 0 Å². The van der Waals surface area contributed by atoms with Crippen LogP contribution < -0.4 is 9.62 Å². The van der Waals surface area contributed by atoms with Crippen LogP contribution in [0, 0.1) is 0 Å². The molecule has 0 saturated heterocycles. The molecule has 31 heavy (non-hydrogen) atoms. The van der Waals surface area contributed by atoms with Gasteiger partial charge in [0.05, 0.1) is 13.8 Å². The van der Waals surface area contributed by atoms with Gasteiger partial charge < -0.3 is 14.7 Å². The molecular weight excluding hydrogens is 552 g/mol. The highest BCUT2D eigenvalue weighted by atomic mass is 79.9. The number of rotatable bonds is 8. The highest BCUT2D eigenvalue weighted by Gasteiger charge is 2.24. The molecule has 0 aromatic heterocycles. The molecule has 7 nitrogen and oxygen atoms in total. The first-order valence-corrected chi connectivity index (χ1v) is 12.2. The van der Waals surface area contributed by atoms with Gasteiger partial charge in [0.1, 0.15) is 5.75 Å². The number of anilines is 1. The molecule has 0 aliphatic rings. The number of hydrogen-bond donors (Lipinski definition) is 2. The van der Waals surface area contributed by atoms with Crippen molar-refractivity contribution < 1.29 is 23.1 Å². The summed E-state index contributed by atoms with van der Waals surface area (Å²) in [5.41, 5.74) is 1.52. The van der Waals surface area contributed by atoms with E-state index in [-0.39, 0.29) is 23.5 Å². The Morgan fingerprint density at radius 3 is 2.32 bits per heavy atom. The SMILES string of the molecule is CN(C)c1cccc2c(S(=O)(=O)NC(Cc3cc(Br)c(O)c(Br)c3)OC=O)cccc12. The van der Waals surface area contributed by atoms with Gasteiger partial charge in [0.25, 0.3) is 6.47 Å². The van der Waals surface area contributed by atoms with Crippen LogP contribution >= 0.6 is 31.9 Å². The van der Waals surface area contributed by atoms with Crippen molar-refractivity contribution in [2.75, 3.05) is 19.0 Å². The summed E-state index contributed by atoms with van der Waals surface area (Å²) in [7, 11) is -0.255. The van der Waals surface area contributed by atoms with Gasteiger partial charge in [-0.25, -0.2) is 8.42 Å². The maximum atomic E-state index is 13.2. The third-order valence-electron chi connectivity index (χ3n) is 4.63. The molecule has 10 heteroatoms. The summed E-state index contributed by atoms with van der Waals surface area (Å²) in [6.45, 7) is 0.199. The molecule has 3 aromatic rings. The van der Waals surface area contributed by atoms with E-state index in [0.29, 0.717) is 19.9 Å². The van der Waals surface area contributed by atoms with Gasteiger partial charge in [-0.15, -0.1) is 0 Å². The first kappa shape index (κ1) is 23.5. The van der Waals surface area contributed by atoms with Crippen molar-refractivity contribution in [1.82, 2.24) is 4.72 Å². The van der Waals surface area contributed by atoms with Crippen molar-refractivity contribution in [3.05, 3.63) is 63.0 Å². The van der Waals surface area contributed by atoms with Gasteiger partial charge in [-0.05, 0) is 61.7 Å². The number of nitrogens with zero attached hydrogens (tertiary/aromatic N) is 1. The standard InChI is InChI=1S/C21H20Br2N2O5S/c1-25(2)18-7-3-6-15-14(18)5-4-8-19(15)31(28,29)24-20(30-12-26)11-13-9-16(22)21(27)17(23)10-13/h3-10,12,20,24,27H,11H2,1-2H3. The van der Waals surface area contributed by atoms with E-state index in [1.54, 1.807) is 30.3 Å². The largest absolute Gasteiger partial charge is 0.506 e. The second kappa shape index (κ2) is 9.56. The molecule has 0 amide bonds. The molecule has 1 unspecified atom stereocenters. The van der Waals surface area contributed by atoms with E-state index >= 15 is 0 Å². The average molecular weight is 572 g/mol. The second-order valence-corrected chi connectivity index (χ2v) is 10.4. The van der Waals surface area contributed by atoms with Gasteiger partial charge in [0.2, 0.25) is 10.0 Å². The number of carbonyl (C=O) groups is 1. The minimum Gasteiger partial charge on any atom is -0.506 e. The van der Waals surface area contributed by atoms with Crippen LogP contribution in [0.4, 0.5) is 5.69 Å². The van der Waals surface area contributed by atoms with Crippen molar-refractivity contribution in [1.29, 1.82) is 0 Å². The molecule has 0 radical (unpaired) electrons. The maximum absolute atomic E-state index is 13.2. The molecule has 0 bridgehead atoms. The van der Waals surface area contributed by atoms with Gasteiger partial charge in [0, 0.05) is 37.0 Å². The van der Waals surface area contributed by atoms with Crippen LogP contribution in [-0.4, -0.2) is 40.3 Å². The van der Waals surface area contributed by atoms with Crippen LogP contribution in [-0.2, 0) is 26.0 Å². The van der Waals surface area contributed by atoms with E-state index in [1.807, 2.05) is 31.1 Å². The molecule has 164 valence electrons. The fraction of sp³-hybridized carbons (Fsp3) is 0.190. The highest BCUT2D eigenvalue weighted by Crippen LogP contribution is 2.34. The first-order chi connectivity index (χ1) is 14.6. The Bertz CT molecular complexity index is 1210. The molecule has 0 aliphatic carbocycles. The Balaban J connectivity index is 1.97. The molecule has 0 saturated carbocycles. The monoisotopic (exact) mass is 570 g/mol. The summed E-state index contributed by atoms with van der Waals surface area (Å²) in [5, 5.41) is 11.2. The molecule has 0 aliphatic heterocycles. The summed E-state index contributed by atoms with van der Waals surface area (Å²) >= 11 is 6.47. The number of sulfonamides is 1. The lowest BCUT2D eigenvalue weighted by Crippen LogP contribution is -2.38. The normalized spacial score (nSPS) is 12.5. The number of hydrogen-bond acceptors (Lipinski definition) is 6. The molecule has 1 atom stereocenters. The number of nitrogens with one attached hydrogen (secondary N) is 1. The number of carbonyl (C=O) groups excluding carboxylic acids is 1. The van der Waals surface area contributed by atoms with Gasteiger partial charge >= 0.3 is 0 Å². The van der Waals surface area contributed by atoms with E-state index in [2.05, 4.69) is 36.6 Å². The zero-order chi connectivity index (χ0) is 22.8. The number of ether oxygens (including phenoxy) is 1. The van der Waals surface area contributed by atoms with E-state index in [0.717, 1.165) is 11.1 Å². The fourth-order valence-electron chi connectivity index (χ4n) is 3.26. The van der Waals surface area contributed by atoms with E-state index < -0.39 is 16.3 Å². The number of fused-ring (bicyclic) bond motifs is 1. The topological polar surface area (TPSA) is 95.9 Å². The molecule has 0 spiro atoms. The van der Waals surface area contributed by atoms with Crippen molar-refractivity contribution >= 4 is 64.8 Å². The quantitative estimate of drug-likeness (QED) is 0.311. The third kappa shape index (κ3) is 5.20. The van der Waals surface area contributed by atoms with Crippen molar-refractivity contribution in [2.45, 2.75) is 17.5 Å². The van der Waals surface area contributed by atoms with Gasteiger partial charge in [-0.3, -0.25) is 4.79 Å². The summed E-state index contributed by atoms with van der Waals surface area (Å²) in [6, 6.07) is 13.7. The summed E-state index contributed by atoms with van der Waals surface area (Å²) in [5.74, 6) is 0.0182. The highest BCUT2D eigenvalue weighted by molar-refractivity contribution is 9.11. The van der Waals surface area contributed by atoms with Crippen molar-refractivity contribution in [3.8, 4) is 5.75 Å². The van der Waals surface area contributed by atoms with Crippen LogP contribution in [0.1, 0.15) is 5.56 Å². The smallest absolute Gasteiger partial charge is 0.294 e. The van der Waals surface area contributed by atoms with Gasteiger partial charge in [-0.2, -0.15) is 4.72 Å². The predicted molar refractivity (Wildman–Crippen MR) is 127 cm³/mol. The minimum absolute atomic E-state index is 0.0182. The molecule has 3 rings (SSSR count). The summed E-state index contributed by atoms with van der Waals surface area (Å²) < 4.78 is 34.8. The zero-order valence-corrected chi connectivity index (χ0v) is 20.7. The van der Waals surface area contributed by atoms with Gasteiger partial charge in [-0.1, -0.05) is 24.3 Å². The summed E-state index contributed by atoms with van der Waals surface area (Å²) in [6.07, 6.45) is -1.08. The van der Waals surface area contributed by atoms with E-state index in [1.165, 1.54) is 6.07 Å². The summed E-state index contributed by atoms with van der Waals surface area (Å²) in [4.78, 5) is 13.0. The number of phenolic OH excluding ortho intramolecular Hbond substituents is 1. The van der Waals surface area contributed by atoms with Crippen LogP contribution in [0.15, 0.2) is 62.4 Å². The Labute approximate surface area is 197 Å². The average Bonchev–Trinajstić information content (AvgIpc) is 2.70. The Morgan fingerprint density at radius 2 is 1.71 bits per heavy atom. The molecule has 0 fully saturated rings. The zero-order valence-electron chi connectivity index (χ0n) is 16.7. The second-order valence-electron chi connectivity index (χ2n) is 6.98. The minimum atomic E-state index is -4.02.